The molecule has 0 aromatic heterocycles. The highest BCUT2D eigenvalue weighted by Gasteiger charge is 1.95. The topological polar surface area (TPSA) is 0 Å². The summed E-state index contributed by atoms with van der Waals surface area (Å²) < 4.78 is 0. The van der Waals surface area contributed by atoms with E-state index in [2.05, 4.69) is 39.5 Å². The molecule has 0 bridgehead atoms. The maximum atomic E-state index is 3.80. The summed E-state index contributed by atoms with van der Waals surface area (Å²) in [5, 5.41) is 0. The van der Waals surface area contributed by atoms with Crippen molar-refractivity contribution in [3.05, 3.63) is 36.0 Å². The summed E-state index contributed by atoms with van der Waals surface area (Å²) in [5.74, 6) is 0. The van der Waals surface area contributed by atoms with Crippen molar-refractivity contribution in [1.82, 2.24) is 0 Å². The van der Waals surface area contributed by atoms with E-state index in [9.17, 15) is 0 Å². The molecule has 0 aliphatic heterocycles. The van der Waals surface area contributed by atoms with Crippen molar-refractivity contribution in [2.24, 2.45) is 0 Å². The van der Waals surface area contributed by atoms with Crippen LogP contribution in [0.25, 0.3) is 0 Å². The first-order valence-electron chi connectivity index (χ1n) is 8.21. The molecule has 0 rings (SSSR count). The molecule has 0 fully saturated rings. The molecule has 0 amide bonds. The molecule has 0 aromatic carbocycles. The summed E-state index contributed by atoms with van der Waals surface area (Å²) >= 11 is 0. The van der Waals surface area contributed by atoms with Crippen LogP contribution in [0.2, 0.25) is 0 Å². The summed E-state index contributed by atoms with van der Waals surface area (Å²) in [5.41, 5.74) is 2.75. The average Bonchev–Trinajstić information content (AvgIpc) is 2.52. The summed E-state index contributed by atoms with van der Waals surface area (Å²) in [6.45, 7) is 22.2. The molecule has 0 saturated carbocycles. The fourth-order valence-corrected chi connectivity index (χ4v) is 1.31. The van der Waals surface area contributed by atoms with E-state index in [4.69, 9.17) is 0 Å². The van der Waals surface area contributed by atoms with E-state index in [1.807, 2.05) is 47.6 Å². The molecule has 0 nitrogen and oxygen atoms in total. The molecular weight excluding hydrogens is 228 g/mol. The number of allylic oxidation sites excluding steroid dienone is 5. The third-order valence-corrected chi connectivity index (χ3v) is 2.23. The maximum Gasteiger partial charge on any atom is -0.0276 e. The van der Waals surface area contributed by atoms with Crippen molar-refractivity contribution in [1.29, 1.82) is 0 Å². The number of rotatable bonds is 6. The van der Waals surface area contributed by atoms with Gasteiger partial charge in [0.15, 0.2) is 0 Å². The van der Waals surface area contributed by atoms with E-state index < -0.39 is 0 Å². The number of unbranched alkanes of at least 4 members (excludes halogenated alkanes) is 2. The van der Waals surface area contributed by atoms with Crippen LogP contribution in [-0.4, -0.2) is 0 Å². The van der Waals surface area contributed by atoms with Gasteiger partial charge in [-0.3, -0.25) is 0 Å². The van der Waals surface area contributed by atoms with Gasteiger partial charge in [-0.2, -0.15) is 0 Å². The van der Waals surface area contributed by atoms with Crippen LogP contribution in [0.15, 0.2) is 36.0 Å². The third-order valence-electron chi connectivity index (χ3n) is 2.23. The zero-order chi connectivity index (χ0) is 16.1. The Kier molecular flexibility index (Phi) is 42.7. The normalized spacial score (nSPS) is 9.95. The van der Waals surface area contributed by atoms with Gasteiger partial charge in [-0.15, -0.1) is 0 Å². The minimum atomic E-state index is 1.19. The second-order valence-corrected chi connectivity index (χ2v) is 3.37. The van der Waals surface area contributed by atoms with E-state index in [1.54, 1.807) is 0 Å². The lowest BCUT2D eigenvalue weighted by Crippen LogP contribution is -1.84. The van der Waals surface area contributed by atoms with Crippen LogP contribution in [0.4, 0.5) is 0 Å². The highest BCUT2D eigenvalue weighted by Crippen LogP contribution is 2.15. The molecule has 0 saturated heterocycles. The molecule has 19 heavy (non-hydrogen) atoms. The van der Waals surface area contributed by atoms with Gasteiger partial charge in [0.1, 0.15) is 0 Å². The molecule has 0 heteroatoms. The Bertz CT molecular complexity index is 194. The third kappa shape index (κ3) is 22.8. The number of hydrogen-bond donors (Lipinski definition) is 0. The Balaban J connectivity index is -0.000000163. The van der Waals surface area contributed by atoms with Crippen molar-refractivity contribution in [3.8, 4) is 0 Å². The van der Waals surface area contributed by atoms with Gasteiger partial charge in [0.2, 0.25) is 0 Å². The first-order chi connectivity index (χ1) is 9.26. The Labute approximate surface area is 124 Å². The first kappa shape index (κ1) is 26.7. The summed E-state index contributed by atoms with van der Waals surface area (Å²) in [4.78, 5) is 0. The Morgan fingerprint density at radius 2 is 1.42 bits per heavy atom. The van der Waals surface area contributed by atoms with Crippen LogP contribution in [-0.2, 0) is 0 Å². The molecule has 0 aromatic rings. The molecule has 0 atom stereocenters. The molecule has 0 unspecified atom stereocenters. The number of hydrogen-bond acceptors (Lipinski definition) is 0. The SMILES string of the molecule is C=C/C(C)=C(\C=C/C)CCCCC.CC.CC.CC. The van der Waals surface area contributed by atoms with Crippen molar-refractivity contribution in [3.63, 3.8) is 0 Å². The zero-order valence-corrected chi connectivity index (χ0v) is 15.3. The Morgan fingerprint density at radius 1 is 0.947 bits per heavy atom. The lowest BCUT2D eigenvalue weighted by Gasteiger charge is -2.04. The van der Waals surface area contributed by atoms with Gasteiger partial charge in [-0.1, -0.05) is 86.1 Å². The monoisotopic (exact) mass is 268 g/mol. The fourth-order valence-electron chi connectivity index (χ4n) is 1.31. The smallest absolute Gasteiger partial charge is 0.0276 e. The van der Waals surface area contributed by atoms with Crippen molar-refractivity contribution in [2.45, 2.75) is 88.0 Å². The second-order valence-electron chi connectivity index (χ2n) is 3.37. The van der Waals surface area contributed by atoms with Gasteiger partial charge in [-0.25, -0.2) is 0 Å². The van der Waals surface area contributed by atoms with Crippen LogP contribution in [0.3, 0.4) is 0 Å². The average molecular weight is 269 g/mol. The minimum absolute atomic E-state index is 1.19. The lowest BCUT2D eigenvalue weighted by molar-refractivity contribution is 0.717. The largest absolute Gasteiger partial charge is 0.0988 e. The highest BCUT2D eigenvalue weighted by molar-refractivity contribution is 5.30. The lowest BCUT2D eigenvalue weighted by atomic mass is 10.0. The minimum Gasteiger partial charge on any atom is -0.0988 e. The van der Waals surface area contributed by atoms with Crippen LogP contribution < -0.4 is 0 Å². The van der Waals surface area contributed by atoms with Gasteiger partial charge >= 0.3 is 0 Å². The van der Waals surface area contributed by atoms with Crippen LogP contribution in [0.1, 0.15) is 88.0 Å². The predicted octanol–water partition coefficient (Wildman–Crippen LogP) is 7.72. The zero-order valence-electron chi connectivity index (χ0n) is 15.3. The summed E-state index contributed by atoms with van der Waals surface area (Å²) in [6.07, 6.45) is 11.3. The van der Waals surface area contributed by atoms with Crippen LogP contribution in [0.5, 0.6) is 0 Å². The van der Waals surface area contributed by atoms with E-state index in [0.29, 0.717) is 0 Å². The van der Waals surface area contributed by atoms with E-state index >= 15 is 0 Å². The molecule has 0 spiro atoms. The van der Waals surface area contributed by atoms with Crippen molar-refractivity contribution < 1.29 is 0 Å². The molecule has 0 aliphatic rings. The molecule has 0 radical (unpaired) electrons. The Morgan fingerprint density at radius 3 is 1.74 bits per heavy atom. The van der Waals surface area contributed by atoms with Crippen LogP contribution >= 0.6 is 0 Å². The molecule has 0 aliphatic carbocycles. The summed E-state index contributed by atoms with van der Waals surface area (Å²) in [7, 11) is 0. The summed E-state index contributed by atoms with van der Waals surface area (Å²) in [6, 6.07) is 0. The quantitative estimate of drug-likeness (QED) is 0.341. The van der Waals surface area contributed by atoms with E-state index in [0.717, 1.165) is 0 Å². The van der Waals surface area contributed by atoms with Crippen molar-refractivity contribution >= 4 is 0 Å². The fraction of sp³-hybridized carbons (Fsp3) is 0.684. The molecular formula is C19H40. The molecule has 0 heterocycles. The van der Waals surface area contributed by atoms with Gasteiger partial charge in [-0.05, 0) is 37.8 Å². The Hall–Kier alpha value is -0.780. The standard InChI is InChI=1S/C13H22.3C2H6/c1-5-8-9-11-13(10-6-2)12(4)7-3;3*1-2/h6-7,10H,3,5,8-9,11H2,1-2,4H3;3*1-2H3/b10-6-,13-12+;;;. The molecule has 116 valence electrons. The van der Waals surface area contributed by atoms with E-state index in [-0.39, 0.29) is 0 Å². The van der Waals surface area contributed by atoms with Crippen LogP contribution in [0, 0.1) is 0 Å². The van der Waals surface area contributed by atoms with E-state index in [1.165, 1.54) is 36.8 Å². The van der Waals surface area contributed by atoms with Gasteiger partial charge in [0.25, 0.3) is 0 Å². The predicted molar refractivity (Wildman–Crippen MR) is 95.9 cm³/mol. The van der Waals surface area contributed by atoms with Gasteiger partial charge in [0.05, 0.1) is 0 Å². The highest BCUT2D eigenvalue weighted by atomic mass is 14.0. The first-order valence-corrected chi connectivity index (χ1v) is 8.21. The maximum absolute atomic E-state index is 3.80. The van der Waals surface area contributed by atoms with Gasteiger partial charge in [0, 0.05) is 0 Å². The second kappa shape index (κ2) is 30.3. The van der Waals surface area contributed by atoms with Gasteiger partial charge < -0.3 is 0 Å². The van der Waals surface area contributed by atoms with Crippen molar-refractivity contribution in [2.75, 3.05) is 0 Å². The molecule has 0 N–H and O–H groups in total.